The smallest absolute Gasteiger partial charge is 0.137 e. The zero-order chi connectivity index (χ0) is 13.8. The van der Waals surface area contributed by atoms with Crippen molar-refractivity contribution < 1.29 is 9.13 Å². The minimum Gasteiger partial charge on any atom is -0.489 e. The van der Waals surface area contributed by atoms with Crippen molar-refractivity contribution in [3.63, 3.8) is 0 Å². The van der Waals surface area contributed by atoms with Crippen molar-refractivity contribution in [1.29, 1.82) is 0 Å². The first-order chi connectivity index (χ1) is 9.08. The fourth-order valence-electron chi connectivity index (χ4n) is 1.69. The summed E-state index contributed by atoms with van der Waals surface area (Å²) < 4.78 is 19.4. The summed E-state index contributed by atoms with van der Waals surface area (Å²) in [5, 5.41) is 0. The van der Waals surface area contributed by atoms with Crippen LogP contribution < -0.4 is 10.5 Å². The van der Waals surface area contributed by atoms with Crippen molar-refractivity contribution in [3.8, 4) is 5.75 Å². The van der Waals surface area contributed by atoms with E-state index in [1.807, 2.05) is 37.3 Å². The minimum absolute atomic E-state index is 0.00594. The predicted molar refractivity (Wildman–Crippen MR) is 77.5 cm³/mol. The first kappa shape index (κ1) is 14.0. The van der Waals surface area contributed by atoms with Gasteiger partial charge in [-0.05, 0) is 46.6 Å². The zero-order valence-electron chi connectivity index (χ0n) is 10.6. The average molecular weight is 324 g/mol. The van der Waals surface area contributed by atoms with E-state index in [-0.39, 0.29) is 11.9 Å². The lowest BCUT2D eigenvalue weighted by Crippen LogP contribution is -2.04. The van der Waals surface area contributed by atoms with Gasteiger partial charge >= 0.3 is 0 Å². The minimum atomic E-state index is -0.284. The SMILES string of the molecule is C[C@@H](N)c1ccc(OCc2cccc(F)c2Br)cc1. The van der Waals surface area contributed by atoms with Crippen molar-refractivity contribution in [2.45, 2.75) is 19.6 Å². The first-order valence-corrected chi connectivity index (χ1v) is 6.78. The molecular weight excluding hydrogens is 309 g/mol. The van der Waals surface area contributed by atoms with Crippen LogP contribution in [-0.4, -0.2) is 0 Å². The second-order valence-corrected chi connectivity index (χ2v) is 5.15. The number of rotatable bonds is 4. The van der Waals surface area contributed by atoms with Crippen LogP contribution in [0.1, 0.15) is 24.1 Å². The Kier molecular flexibility index (Phi) is 4.56. The molecule has 0 spiro atoms. The monoisotopic (exact) mass is 323 g/mol. The van der Waals surface area contributed by atoms with Crippen molar-refractivity contribution in [1.82, 2.24) is 0 Å². The number of hydrogen-bond acceptors (Lipinski definition) is 2. The average Bonchev–Trinajstić information content (AvgIpc) is 2.41. The normalized spacial score (nSPS) is 12.2. The number of halogens is 2. The molecule has 0 aliphatic carbocycles. The summed E-state index contributed by atoms with van der Waals surface area (Å²) in [6.07, 6.45) is 0. The second-order valence-electron chi connectivity index (χ2n) is 4.36. The topological polar surface area (TPSA) is 35.2 Å². The van der Waals surface area contributed by atoms with Gasteiger partial charge in [-0.3, -0.25) is 0 Å². The van der Waals surface area contributed by atoms with Gasteiger partial charge in [0.25, 0.3) is 0 Å². The molecule has 2 aromatic carbocycles. The largest absolute Gasteiger partial charge is 0.489 e. The highest BCUT2D eigenvalue weighted by Gasteiger charge is 2.06. The Balaban J connectivity index is 2.04. The van der Waals surface area contributed by atoms with Gasteiger partial charge in [-0.25, -0.2) is 4.39 Å². The summed E-state index contributed by atoms with van der Waals surface area (Å²) >= 11 is 3.21. The molecule has 0 bridgehead atoms. The van der Waals surface area contributed by atoms with Gasteiger partial charge in [0, 0.05) is 11.6 Å². The highest BCUT2D eigenvalue weighted by molar-refractivity contribution is 9.10. The molecule has 19 heavy (non-hydrogen) atoms. The Morgan fingerprint density at radius 2 is 1.89 bits per heavy atom. The van der Waals surface area contributed by atoms with Gasteiger partial charge in [0.1, 0.15) is 18.2 Å². The molecule has 0 amide bonds. The van der Waals surface area contributed by atoms with Crippen LogP contribution in [0.3, 0.4) is 0 Å². The standard InChI is InChI=1S/C15H15BrFNO/c1-10(18)11-5-7-13(8-6-11)19-9-12-3-2-4-14(17)15(12)16/h2-8,10H,9,18H2,1H3/t10-/m1/s1. The Morgan fingerprint density at radius 3 is 2.53 bits per heavy atom. The van der Waals surface area contributed by atoms with E-state index >= 15 is 0 Å². The maximum atomic E-state index is 13.3. The van der Waals surface area contributed by atoms with Crippen molar-refractivity contribution in [3.05, 3.63) is 63.9 Å². The predicted octanol–water partition coefficient (Wildman–Crippen LogP) is 4.19. The summed E-state index contributed by atoms with van der Waals surface area (Å²) in [6, 6.07) is 12.5. The third-order valence-electron chi connectivity index (χ3n) is 2.83. The van der Waals surface area contributed by atoms with Crippen LogP contribution in [0.4, 0.5) is 4.39 Å². The zero-order valence-corrected chi connectivity index (χ0v) is 12.2. The van der Waals surface area contributed by atoms with Gasteiger partial charge in [0.05, 0.1) is 4.47 Å². The molecule has 0 saturated carbocycles. The number of benzene rings is 2. The first-order valence-electron chi connectivity index (χ1n) is 5.99. The molecule has 0 radical (unpaired) electrons. The van der Waals surface area contributed by atoms with Gasteiger partial charge in [0.15, 0.2) is 0 Å². The molecule has 2 aromatic rings. The third-order valence-corrected chi connectivity index (χ3v) is 3.72. The van der Waals surface area contributed by atoms with Gasteiger partial charge in [0.2, 0.25) is 0 Å². The Morgan fingerprint density at radius 1 is 1.21 bits per heavy atom. The molecule has 2 N–H and O–H groups in total. The van der Waals surface area contributed by atoms with E-state index in [9.17, 15) is 4.39 Å². The summed E-state index contributed by atoms with van der Waals surface area (Å²) in [7, 11) is 0. The van der Waals surface area contributed by atoms with Crippen LogP contribution in [0.2, 0.25) is 0 Å². The van der Waals surface area contributed by atoms with Crippen LogP contribution >= 0.6 is 15.9 Å². The van der Waals surface area contributed by atoms with Crippen LogP contribution in [-0.2, 0) is 6.61 Å². The molecule has 2 nitrogen and oxygen atoms in total. The van der Waals surface area contributed by atoms with E-state index < -0.39 is 0 Å². The van der Waals surface area contributed by atoms with E-state index in [0.29, 0.717) is 11.1 Å². The number of nitrogens with two attached hydrogens (primary N) is 1. The van der Waals surface area contributed by atoms with E-state index in [1.54, 1.807) is 6.07 Å². The van der Waals surface area contributed by atoms with Crippen molar-refractivity contribution in [2.24, 2.45) is 5.73 Å². The van der Waals surface area contributed by atoms with E-state index in [4.69, 9.17) is 10.5 Å². The molecule has 0 aliphatic heterocycles. The van der Waals surface area contributed by atoms with Gasteiger partial charge in [-0.15, -0.1) is 0 Å². The lowest BCUT2D eigenvalue weighted by molar-refractivity contribution is 0.304. The Labute approximate surface area is 120 Å². The molecule has 2 rings (SSSR count). The molecular formula is C15H15BrFNO. The summed E-state index contributed by atoms with van der Waals surface area (Å²) in [6.45, 7) is 2.25. The maximum absolute atomic E-state index is 13.3. The molecule has 4 heteroatoms. The van der Waals surface area contributed by atoms with Gasteiger partial charge < -0.3 is 10.5 Å². The molecule has 0 aromatic heterocycles. The summed E-state index contributed by atoms with van der Waals surface area (Å²) in [4.78, 5) is 0. The lowest BCUT2D eigenvalue weighted by atomic mass is 10.1. The number of ether oxygens (including phenoxy) is 1. The summed E-state index contributed by atoms with van der Waals surface area (Å²) in [5.74, 6) is 0.453. The molecule has 0 heterocycles. The van der Waals surface area contributed by atoms with Crippen molar-refractivity contribution >= 4 is 15.9 Å². The summed E-state index contributed by atoms with van der Waals surface area (Å²) in [5.41, 5.74) is 7.61. The molecule has 0 saturated heterocycles. The van der Waals surface area contributed by atoms with E-state index in [1.165, 1.54) is 6.07 Å². The van der Waals surface area contributed by atoms with Crippen LogP contribution in [0.15, 0.2) is 46.9 Å². The second kappa shape index (κ2) is 6.17. The highest BCUT2D eigenvalue weighted by atomic mass is 79.9. The highest BCUT2D eigenvalue weighted by Crippen LogP contribution is 2.23. The fourth-order valence-corrected chi connectivity index (χ4v) is 2.07. The third kappa shape index (κ3) is 3.55. The van der Waals surface area contributed by atoms with E-state index in [0.717, 1.165) is 16.9 Å². The molecule has 0 aliphatic rings. The lowest BCUT2D eigenvalue weighted by Gasteiger charge is -2.10. The fraction of sp³-hybridized carbons (Fsp3) is 0.200. The van der Waals surface area contributed by atoms with Crippen molar-refractivity contribution in [2.75, 3.05) is 0 Å². The molecule has 0 unspecified atom stereocenters. The molecule has 1 atom stereocenters. The van der Waals surface area contributed by atoms with Crippen LogP contribution in [0, 0.1) is 5.82 Å². The van der Waals surface area contributed by atoms with Crippen LogP contribution in [0.5, 0.6) is 5.75 Å². The van der Waals surface area contributed by atoms with Crippen LogP contribution in [0.25, 0.3) is 0 Å². The molecule has 100 valence electrons. The quantitative estimate of drug-likeness (QED) is 0.915. The maximum Gasteiger partial charge on any atom is 0.137 e. The Hall–Kier alpha value is -1.39. The van der Waals surface area contributed by atoms with Gasteiger partial charge in [-0.2, -0.15) is 0 Å². The van der Waals surface area contributed by atoms with E-state index in [2.05, 4.69) is 15.9 Å². The number of hydrogen-bond donors (Lipinski definition) is 1. The Bertz CT molecular complexity index is 555. The molecule has 0 fully saturated rings. The van der Waals surface area contributed by atoms with Gasteiger partial charge in [-0.1, -0.05) is 24.3 Å².